The fourth-order valence-electron chi connectivity index (χ4n) is 3.69. The predicted octanol–water partition coefficient (Wildman–Crippen LogP) is 4.73. The van der Waals surface area contributed by atoms with Crippen molar-refractivity contribution >= 4 is 27.8 Å². The van der Waals surface area contributed by atoms with E-state index in [-0.39, 0.29) is 16.9 Å². The third-order valence-corrected chi connectivity index (χ3v) is 5.38. The van der Waals surface area contributed by atoms with Gasteiger partial charge in [0.25, 0.3) is 5.91 Å². The number of para-hydroxylation sites is 2. The fourth-order valence-corrected chi connectivity index (χ4v) is 3.69. The lowest BCUT2D eigenvalue weighted by molar-refractivity contribution is 0.0734. The Balaban J connectivity index is 1.71. The average molecular weight is 388 g/mol. The van der Waals surface area contributed by atoms with Gasteiger partial charge in [-0.3, -0.25) is 9.59 Å². The molecule has 0 unspecified atom stereocenters. The third kappa shape index (κ3) is 3.56. The van der Waals surface area contributed by atoms with Crippen LogP contribution in [-0.4, -0.2) is 21.9 Å². The third-order valence-electron chi connectivity index (χ3n) is 5.38. The monoisotopic (exact) mass is 388 g/mol. The van der Waals surface area contributed by atoms with Gasteiger partial charge in [-0.15, -0.1) is 0 Å². The van der Waals surface area contributed by atoms with E-state index in [1.54, 1.807) is 29.2 Å². The fraction of sp³-hybridized carbons (Fsp3) is 0.250. The van der Waals surface area contributed by atoms with Crippen LogP contribution in [0.25, 0.3) is 21.9 Å². The molecule has 0 saturated carbocycles. The molecule has 4 rings (SSSR count). The van der Waals surface area contributed by atoms with Gasteiger partial charge in [0.15, 0.2) is 0 Å². The van der Waals surface area contributed by atoms with Crippen LogP contribution in [0.4, 0.5) is 0 Å². The topological polar surface area (TPSA) is 55.5 Å². The first-order valence-corrected chi connectivity index (χ1v) is 9.93. The summed E-state index contributed by atoms with van der Waals surface area (Å²) >= 11 is 0. The molecule has 0 aliphatic rings. The van der Waals surface area contributed by atoms with Gasteiger partial charge >= 0.3 is 0 Å². The van der Waals surface area contributed by atoms with Crippen LogP contribution in [0.1, 0.15) is 35.8 Å². The maximum Gasteiger partial charge on any atom is 0.261 e. The Morgan fingerprint density at radius 3 is 2.66 bits per heavy atom. The predicted molar refractivity (Wildman–Crippen MR) is 115 cm³/mol. The van der Waals surface area contributed by atoms with Crippen molar-refractivity contribution < 1.29 is 9.21 Å². The molecule has 0 N–H and O–H groups in total. The van der Waals surface area contributed by atoms with E-state index >= 15 is 0 Å². The molecular formula is C24H24N2O3. The Kier molecular flexibility index (Phi) is 5.21. The molecule has 2 aromatic carbocycles. The molecule has 0 radical (unpaired) electrons. The molecule has 0 aliphatic heterocycles. The first kappa shape index (κ1) is 19.0. The normalized spacial score (nSPS) is 11.2. The van der Waals surface area contributed by atoms with Crippen molar-refractivity contribution in [2.45, 2.75) is 26.3 Å². The average Bonchev–Trinajstić information content (AvgIpc) is 3.06. The maximum absolute atomic E-state index is 13.3. The van der Waals surface area contributed by atoms with Crippen molar-refractivity contribution in [1.29, 1.82) is 0 Å². The lowest BCUT2D eigenvalue weighted by Gasteiger charge is -2.22. The molecule has 148 valence electrons. The van der Waals surface area contributed by atoms with E-state index in [9.17, 15) is 9.59 Å². The molecule has 0 spiro atoms. The van der Waals surface area contributed by atoms with Crippen LogP contribution in [0.3, 0.4) is 0 Å². The Labute approximate surface area is 169 Å². The molecule has 1 amide bonds. The standard InChI is InChI=1S/C24H24N2O3/c1-3-4-13-26(15-18-14-17-9-5-7-11-21(17)25(18)2)24(28)20-16-29-22-12-8-6-10-19(22)23(20)27/h5-12,14,16H,3-4,13,15H2,1-2H3. The number of rotatable bonds is 6. The van der Waals surface area contributed by atoms with Gasteiger partial charge < -0.3 is 13.9 Å². The zero-order chi connectivity index (χ0) is 20.4. The second kappa shape index (κ2) is 7.95. The van der Waals surface area contributed by atoms with E-state index in [1.807, 2.05) is 19.2 Å². The van der Waals surface area contributed by atoms with Crippen molar-refractivity contribution in [3.05, 3.63) is 82.3 Å². The zero-order valence-electron chi connectivity index (χ0n) is 16.7. The molecule has 0 bridgehead atoms. The highest BCUT2D eigenvalue weighted by atomic mass is 16.3. The second-order valence-electron chi connectivity index (χ2n) is 7.31. The quantitative estimate of drug-likeness (QED) is 0.480. The summed E-state index contributed by atoms with van der Waals surface area (Å²) in [5.41, 5.74) is 2.44. The van der Waals surface area contributed by atoms with E-state index in [2.05, 4.69) is 29.7 Å². The molecule has 0 atom stereocenters. The van der Waals surface area contributed by atoms with Gasteiger partial charge in [-0.2, -0.15) is 0 Å². The SMILES string of the molecule is CCCCN(Cc1cc2ccccc2n1C)C(=O)c1coc2ccccc2c1=O. The van der Waals surface area contributed by atoms with Crippen LogP contribution in [0.15, 0.2) is 70.1 Å². The van der Waals surface area contributed by atoms with Gasteiger partial charge in [0.05, 0.1) is 11.9 Å². The number of fused-ring (bicyclic) bond motifs is 2. The number of hydrogen-bond acceptors (Lipinski definition) is 3. The molecule has 0 fully saturated rings. The summed E-state index contributed by atoms with van der Waals surface area (Å²) in [5, 5.41) is 1.57. The number of aryl methyl sites for hydroxylation is 1. The van der Waals surface area contributed by atoms with Gasteiger partial charge in [0.2, 0.25) is 5.43 Å². The van der Waals surface area contributed by atoms with E-state index < -0.39 is 0 Å². The molecule has 2 heterocycles. The molecule has 0 saturated heterocycles. The van der Waals surface area contributed by atoms with E-state index in [0.717, 1.165) is 29.4 Å². The molecule has 29 heavy (non-hydrogen) atoms. The van der Waals surface area contributed by atoms with Crippen molar-refractivity contribution in [3.63, 3.8) is 0 Å². The second-order valence-corrected chi connectivity index (χ2v) is 7.31. The number of hydrogen-bond donors (Lipinski definition) is 0. The first-order chi connectivity index (χ1) is 14.1. The molecule has 5 heteroatoms. The van der Waals surface area contributed by atoms with Crippen LogP contribution >= 0.6 is 0 Å². The van der Waals surface area contributed by atoms with Gasteiger partial charge in [0.1, 0.15) is 17.4 Å². The number of benzene rings is 2. The molecule has 4 aromatic rings. The molecule has 0 aliphatic carbocycles. The minimum atomic E-state index is -0.289. The van der Waals surface area contributed by atoms with E-state index in [0.29, 0.717) is 24.1 Å². The Morgan fingerprint density at radius 2 is 1.86 bits per heavy atom. The smallest absolute Gasteiger partial charge is 0.261 e. The number of nitrogens with zero attached hydrogens (tertiary/aromatic N) is 2. The number of aromatic nitrogens is 1. The van der Waals surface area contributed by atoms with Crippen molar-refractivity contribution in [1.82, 2.24) is 9.47 Å². The highest BCUT2D eigenvalue weighted by Gasteiger charge is 2.22. The Hall–Kier alpha value is -3.34. The largest absolute Gasteiger partial charge is 0.463 e. The molecule has 2 aromatic heterocycles. The van der Waals surface area contributed by atoms with Gasteiger partial charge in [0, 0.05) is 24.8 Å². The summed E-state index contributed by atoms with van der Waals surface area (Å²) in [5.74, 6) is -0.289. The van der Waals surface area contributed by atoms with Crippen LogP contribution < -0.4 is 5.43 Å². The lowest BCUT2D eigenvalue weighted by Crippen LogP contribution is -2.35. The Bertz CT molecular complexity index is 1240. The minimum absolute atomic E-state index is 0.0820. The lowest BCUT2D eigenvalue weighted by atomic mass is 10.1. The summed E-state index contributed by atoms with van der Waals surface area (Å²) < 4.78 is 7.67. The Morgan fingerprint density at radius 1 is 1.10 bits per heavy atom. The minimum Gasteiger partial charge on any atom is -0.463 e. The van der Waals surface area contributed by atoms with E-state index in [1.165, 1.54) is 6.26 Å². The number of unbranched alkanes of at least 4 members (excludes halogenated alkanes) is 1. The van der Waals surface area contributed by atoms with Crippen molar-refractivity contribution in [2.75, 3.05) is 6.54 Å². The summed E-state index contributed by atoms with van der Waals surface area (Å²) in [6.07, 6.45) is 3.13. The summed E-state index contributed by atoms with van der Waals surface area (Å²) in [6.45, 7) is 3.11. The maximum atomic E-state index is 13.3. The molecule has 5 nitrogen and oxygen atoms in total. The highest BCUT2D eigenvalue weighted by molar-refractivity contribution is 5.96. The van der Waals surface area contributed by atoms with Crippen LogP contribution in [0, 0.1) is 0 Å². The van der Waals surface area contributed by atoms with Crippen LogP contribution in [0.2, 0.25) is 0 Å². The van der Waals surface area contributed by atoms with Crippen molar-refractivity contribution in [3.8, 4) is 0 Å². The van der Waals surface area contributed by atoms with Gasteiger partial charge in [-0.25, -0.2) is 0 Å². The summed E-state index contributed by atoms with van der Waals surface area (Å²) in [4.78, 5) is 27.9. The first-order valence-electron chi connectivity index (χ1n) is 9.93. The summed E-state index contributed by atoms with van der Waals surface area (Å²) in [6, 6.07) is 17.2. The van der Waals surface area contributed by atoms with Gasteiger partial charge in [-0.1, -0.05) is 43.7 Å². The molecular weight excluding hydrogens is 364 g/mol. The summed E-state index contributed by atoms with van der Waals surface area (Å²) in [7, 11) is 2.00. The van der Waals surface area contributed by atoms with Crippen LogP contribution in [0.5, 0.6) is 0 Å². The van der Waals surface area contributed by atoms with E-state index in [4.69, 9.17) is 4.42 Å². The number of amides is 1. The number of carbonyl (C=O) groups is 1. The highest BCUT2D eigenvalue weighted by Crippen LogP contribution is 2.21. The zero-order valence-corrected chi connectivity index (χ0v) is 16.7. The number of carbonyl (C=O) groups excluding carboxylic acids is 1. The van der Waals surface area contributed by atoms with Crippen LogP contribution in [-0.2, 0) is 13.6 Å². The van der Waals surface area contributed by atoms with Crippen molar-refractivity contribution in [2.24, 2.45) is 7.05 Å². The van der Waals surface area contributed by atoms with Gasteiger partial charge in [-0.05, 0) is 36.1 Å².